The van der Waals surface area contributed by atoms with E-state index < -0.39 is 0 Å². The first-order valence-corrected chi connectivity index (χ1v) is 5.63. The summed E-state index contributed by atoms with van der Waals surface area (Å²) in [4.78, 5) is 18.5. The molecular weight excluding hydrogens is 218 g/mol. The Balaban J connectivity index is 2.21. The van der Waals surface area contributed by atoms with Gasteiger partial charge in [0, 0.05) is 12.6 Å². The summed E-state index contributed by atoms with van der Waals surface area (Å²) in [6.07, 6.45) is 4.16. The fourth-order valence-corrected chi connectivity index (χ4v) is 1.53. The highest BCUT2D eigenvalue weighted by molar-refractivity contribution is 5.52. The lowest BCUT2D eigenvalue weighted by Crippen LogP contribution is -2.18. The topological polar surface area (TPSA) is 70.9 Å². The molecule has 0 aliphatic rings. The number of aromatic amines is 1. The molecule has 0 aromatic carbocycles. The minimum absolute atomic E-state index is 0.149. The van der Waals surface area contributed by atoms with Gasteiger partial charge in [-0.1, -0.05) is 6.92 Å². The zero-order valence-corrected chi connectivity index (χ0v) is 9.69. The maximum atomic E-state index is 11.5. The van der Waals surface area contributed by atoms with Gasteiger partial charge in [-0.2, -0.15) is 0 Å². The molecule has 5 nitrogen and oxygen atoms in total. The average molecular weight is 233 g/mol. The zero-order valence-electron chi connectivity index (χ0n) is 9.69. The molecule has 2 heterocycles. The monoisotopic (exact) mass is 233 g/mol. The van der Waals surface area contributed by atoms with E-state index in [0.717, 1.165) is 24.2 Å². The first kappa shape index (κ1) is 11.6. The number of hydrogen-bond donors (Lipinski definition) is 2. The van der Waals surface area contributed by atoms with Crippen molar-refractivity contribution in [3.63, 3.8) is 0 Å². The summed E-state index contributed by atoms with van der Waals surface area (Å²) in [5.41, 5.74) is 1.36. The van der Waals surface area contributed by atoms with E-state index >= 15 is 0 Å². The Kier molecular flexibility index (Phi) is 3.72. The highest BCUT2D eigenvalue weighted by Gasteiger charge is 2.04. The molecule has 0 aliphatic carbocycles. The van der Waals surface area contributed by atoms with Crippen LogP contribution >= 0.6 is 0 Å². The molecule has 0 spiro atoms. The molecule has 90 valence electrons. The van der Waals surface area contributed by atoms with Crippen molar-refractivity contribution in [2.24, 2.45) is 0 Å². The van der Waals surface area contributed by atoms with Crippen LogP contribution in [0.2, 0.25) is 0 Å². The molecule has 2 rings (SSSR count). The molecular formula is C12H15N3O2. The van der Waals surface area contributed by atoms with Gasteiger partial charge in [-0.3, -0.25) is 4.79 Å². The van der Waals surface area contributed by atoms with Gasteiger partial charge in [0.15, 0.2) is 0 Å². The molecule has 0 bridgehead atoms. The molecule has 0 aliphatic heterocycles. The maximum absolute atomic E-state index is 11.5. The minimum Gasteiger partial charge on any atom is -0.472 e. The van der Waals surface area contributed by atoms with Gasteiger partial charge in [-0.05, 0) is 19.0 Å². The van der Waals surface area contributed by atoms with E-state index in [1.807, 2.05) is 0 Å². The molecule has 5 heteroatoms. The molecule has 2 N–H and O–H groups in total. The number of H-pyrrole nitrogens is 1. The average Bonchev–Trinajstić information content (AvgIpc) is 2.82. The van der Waals surface area contributed by atoms with Crippen LogP contribution in [0.1, 0.15) is 19.0 Å². The molecule has 0 unspecified atom stereocenters. The molecule has 2 aromatic heterocycles. The summed E-state index contributed by atoms with van der Waals surface area (Å²) in [7, 11) is 0. The van der Waals surface area contributed by atoms with Crippen LogP contribution in [0.3, 0.4) is 0 Å². The molecule has 0 amide bonds. The fraction of sp³-hybridized carbons (Fsp3) is 0.333. The van der Waals surface area contributed by atoms with E-state index in [1.54, 1.807) is 18.6 Å². The minimum atomic E-state index is -0.149. The number of aromatic nitrogens is 2. The second-order valence-electron chi connectivity index (χ2n) is 3.77. The number of rotatable bonds is 5. The summed E-state index contributed by atoms with van der Waals surface area (Å²) in [6, 6.07) is 3.27. The summed E-state index contributed by atoms with van der Waals surface area (Å²) in [5.74, 6) is 0.541. The quantitative estimate of drug-likeness (QED) is 0.768. The lowest BCUT2D eigenvalue weighted by Gasteiger charge is -2.03. The van der Waals surface area contributed by atoms with Crippen LogP contribution in [-0.2, 0) is 6.54 Å². The highest BCUT2D eigenvalue weighted by atomic mass is 16.3. The lowest BCUT2D eigenvalue weighted by molar-refractivity contribution is 0.568. The van der Waals surface area contributed by atoms with Crippen LogP contribution in [-0.4, -0.2) is 16.5 Å². The summed E-state index contributed by atoms with van der Waals surface area (Å²) >= 11 is 0. The third kappa shape index (κ3) is 3.04. The van der Waals surface area contributed by atoms with Crippen LogP contribution in [0.15, 0.2) is 33.9 Å². The van der Waals surface area contributed by atoms with Crippen LogP contribution < -0.4 is 10.9 Å². The van der Waals surface area contributed by atoms with Gasteiger partial charge < -0.3 is 14.7 Å². The zero-order chi connectivity index (χ0) is 12.1. The van der Waals surface area contributed by atoms with Crippen molar-refractivity contribution >= 4 is 0 Å². The summed E-state index contributed by atoms with van der Waals surface area (Å²) in [6.45, 7) is 3.60. The van der Waals surface area contributed by atoms with Gasteiger partial charge in [-0.25, -0.2) is 4.98 Å². The smallest absolute Gasteiger partial charge is 0.251 e. The normalized spacial score (nSPS) is 10.6. The van der Waals surface area contributed by atoms with E-state index in [1.165, 1.54) is 6.07 Å². The fourth-order valence-electron chi connectivity index (χ4n) is 1.53. The van der Waals surface area contributed by atoms with Crippen molar-refractivity contribution in [2.75, 3.05) is 6.54 Å². The Morgan fingerprint density at radius 2 is 2.41 bits per heavy atom. The Morgan fingerprint density at radius 1 is 1.53 bits per heavy atom. The van der Waals surface area contributed by atoms with Crippen LogP contribution in [0, 0.1) is 0 Å². The first-order chi connectivity index (χ1) is 8.29. The van der Waals surface area contributed by atoms with Gasteiger partial charge in [0.05, 0.1) is 17.5 Å². The van der Waals surface area contributed by atoms with Crippen LogP contribution in [0.25, 0.3) is 11.4 Å². The van der Waals surface area contributed by atoms with Gasteiger partial charge >= 0.3 is 0 Å². The Bertz CT molecular complexity index is 517. The van der Waals surface area contributed by atoms with Crippen molar-refractivity contribution < 1.29 is 4.42 Å². The molecule has 17 heavy (non-hydrogen) atoms. The number of furan rings is 1. The molecule has 0 fully saturated rings. The molecule has 0 radical (unpaired) electrons. The predicted molar refractivity (Wildman–Crippen MR) is 64.6 cm³/mol. The highest BCUT2D eigenvalue weighted by Crippen LogP contribution is 2.13. The van der Waals surface area contributed by atoms with E-state index in [9.17, 15) is 4.79 Å². The standard InChI is InChI=1S/C12H15N3O2/c1-2-4-13-7-10-6-11(16)15-12(14-10)9-3-5-17-8-9/h3,5-6,8,13H,2,4,7H2,1H3,(H,14,15,16). The van der Waals surface area contributed by atoms with E-state index in [-0.39, 0.29) is 5.56 Å². The van der Waals surface area contributed by atoms with E-state index in [0.29, 0.717) is 12.4 Å². The number of hydrogen-bond acceptors (Lipinski definition) is 4. The molecule has 0 saturated carbocycles. The number of nitrogens with one attached hydrogen (secondary N) is 2. The Morgan fingerprint density at radius 3 is 3.12 bits per heavy atom. The van der Waals surface area contributed by atoms with E-state index in [2.05, 4.69) is 22.2 Å². The third-order valence-electron chi connectivity index (χ3n) is 2.32. The first-order valence-electron chi connectivity index (χ1n) is 5.63. The van der Waals surface area contributed by atoms with Crippen molar-refractivity contribution in [2.45, 2.75) is 19.9 Å². The Labute approximate surface area is 98.9 Å². The second kappa shape index (κ2) is 5.45. The largest absolute Gasteiger partial charge is 0.472 e. The lowest BCUT2D eigenvalue weighted by atomic mass is 10.3. The Hall–Kier alpha value is -1.88. The second-order valence-corrected chi connectivity index (χ2v) is 3.77. The predicted octanol–water partition coefficient (Wildman–Crippen LogP) is 1.53. The third-order valence-corrected chi connectivity index (χ3v) is 2.32. The molecule has 2 aromatic rings. The summed E-state index contributed by atoms with van der Waals surface area (Å²) < 4.78 is 4.97. The van der Waals surface area contributed by atoms with Crippen molar-refractivity contribution in [1.29, 1.82) is 0 Å². The maximum Gasteiger partial charge on any atom is 0.251 e. The van der Waals surface area contributed by atoms with Crippen molar-refractivity contribution in [1.82, 2.24) is 15.3 Å². The van der Waals surface area contributed by atoms with E-state index in [4.69, 9.17) is 4.42 Å². The van der Waals surface area contributed by atoms with Gasteiger partial charge in [-0.15, -0.1) is 0 Å². The summed E-state index contributed by atoms with van der Waals surface area (Å²) in [5, 5.41) is 3.21. The van der Waals surface area contributed by atoms with Crippen molar-refractivity contribution in [3.8, 4) is 11.4 Å². The molecule has 0 saturated heterocycles. The van der Waals surface area contributed by atoms with Crippen LogP contribution in [0.4, 0.5) is 0 Å². The van der Waals surface area contributed by atoms with Crippen LogP contribution in [0.5, 0.6) is 0 Å². The van der Waals surface area contributed by atoms with Crippen molar-refractivity contribution in [3.05, 3.63) is 40.7 Å². The van der Waals surface area contributed by atoms with Gasteiger partial charge in [0.2, 0.25) is 0 Å². The molecule has 0 atom stereocenters. The van der Waals surface area contributed by atoms with Gasteiger partial charge in [0.25, 0.3) is 5.56 Å². The number of nitrogens with zero attached hydrogens (tertiary/aromatic N) is 1. The van der Waals surface area contributed by atoms with Gasteiger partial charge in [0.1, 0.15) is 12.1 Å². The SMILES string of the molecule is CCCNCc1cc(=O)[nH]c(-c2ccoc2)n1.